The summed E-state index contributed by atoms with van der Waals surface area (Å²) in [4.78, 5) is 7.69. The van der Waals surface area contributed by atoms with E-state index in [1.54, 1.807) is 6.07 Å². The number of rotatable bonds is 0. The third-order valence-corrected chi connectivity index (χ3v) is 2.88. The van der Waals surface area contributed by atoms with Crippen LogP contribution in [0.5, 0.6) is 0 Å². The van der Waals surface area contributed by atoms with Crippen LogP contribution < -0.4 is 0 Å². The minimum absolute atomic E-state index is 0.00355. The zero-order chi connectivity index (χ0) is 10.3. The minimum Gasteiger partial charge on any atom is -0.231 e. The second-order valence-corrected chi connectivity index (χ2v) is 4.10. The Labute approximate surface area is 97.2 Å². The molecule has 2 rings (SSSR count). The molecular weight excluding hydrogens is 294 g/mol. The van der Waals surface area contributed by atoms with Gasteiger partial charge in [-0.05, 0) is 28.1 Å². The Morgan fingerprint density at radius 3 is 2.50 bits per heavy atom. The molecule has 6 heteroatoms. The number of benzene rings is 1. The average molecular weight is 296 g/mol. The summed E-state index contributed by atoms with van der Waals surface area (Å²) in [6.45, 7) is 0. The van der Waals surface area contributed by atoms with Crippen LogP contribution in [0.3, 0.4) is 0 Å². The summed E-state index contributed by atoms with van der Waals surface area (Å²) in [6, 6.07) is 3.15. The van der Waals surface area contributed by atoms with Crippen molar-refractivity contribution >= 4 is 50.2 Å². The average Bonchev–Trinajstić information content (AvgIpc) is 2.15. The normalized spacial score (nSPS) is 10.9. The van der Waals surface area contributed by atoms with Gasteiger partial charge in [-0.3, -0.25) is 0 Å². The highest BCUT2D eigenvalue weighted by Crippen LogP contribution is 2.26. The molecule has 0 spiro atoms. The summed E-state index contributed by atoms with van der Waals surface area (Å²) < 4.78 is 13.8. The maximum atomic E-state index is 13.5. The highest BCUT2D eigenvalue weighted by Gasteiger charge is 2.10. The molecular formula is C8H2BrCl2FN2. The highest BCUT2D eigenvalue weighted by atomic mass is 79.9. The van der Waals surface area contributed by atoms with Crippen molar-refractivity contribution in [2.24, 2.45) is 0 Å². The quantitative estimate of drug-likeness (QED) is 0.738. The van der Waals surface area contributed by atoms with Crippen molar-refractivity contribution in [3.63, 3.8) is 0 Å². The van der Waals surface area contributed by atoms with E-state index in [-0.39, 0.29) is 15.8 Å². The zero-order valence-corrected chi connectivity index (χ0v) is 9.66. The molecule has 0 bridgehead atoms. The van der Waals surface area contributed by atoms with Crippen LogP contribution in [0.1, 0.15) is 0 Å². The van der Waals surface area contributed by atoms with Crippen molar-refractivity contribution in [1.82, 2.24) is 9.97 Å². The molecule has 0 saturated heterocycles. The van der Waals surface area contributed by atoms with E-state index in [0.29, 0.717) is 9.99 Å². The van der Waals surface area contributed by atoms with Crippen molar-refractivity contribution in [2.75, 3.05) is 0 Å². The second kappa shape index (κ2) is 3.61. The molecule has 0 unspecified atom stereocenters. The summed E-state index contributed by atoms with van der Waals surface area (Å²) in [6.07, 6.45) is 0. The first-order valence-electron chi connectivity index (χ1n) is 3.56. The molecule has 0 aliphatic heterocycles. The molecule has 2 aromatic rings. The first-order valence-corrected chi connectivity index (χ1v) is 5.11. The summed E-state index contributed by atoms with van der Waals surface area (Å²) in [5.41, 5.74) is 0.480. The summed E-state index contributed by atoms with van der Waals surface area (Å²) in [5, 5.41) is 0.0667. The number of nitrogens with zero attached hydrogens (tertiary/aromatic N) is 2. The fourth-order valence-electron chi connectivity index (χ4n) is 1.02. The minimum atomic E-state index is -0.492. The lowest BCUT2D eigenvalue weighted by atomic mass is 10.3. The first-order chi connectivity index (χ1) is 6.59. The fraction of sp³-hybridized carbons (Fsp3) is 0. The first kappa shape index (κ1) is 10.1. The van der Waals surface area contributed by atoms with E-state index >= 15 is 0 Å². The van der Waals surface area contributed by atoms with Crippen LogP contribution >= 0.6 is 39.1 Å². The van der Waals surface area contributed by atoms with Crippen molar-refractivity contribution < 1.29 is 4.39 Å². The van der Waals surface area contributed by atoms with E-state index in [4.69, 9.17) is 23.2 Å². The van der Waals surface area contributed by atoms with Gasteiger partial charge < -0.3 is 0 Å². The molecule has 0 amide bonds. The lowest BCUT2D eigenvalue weighted by Gasteiger charge is -2.01. The summed E-state index contributed by atoms with van der Waals surface area (Å²) in [7, 11) is 0. The molecule has 0 atom stereocenters. The van der Waals surface area contributed by atoms with Gasteiger partial charge in [0, 0.05) is 0 Å². The third-order valence-electron chi connectivity index (χ3n) is 1.65. The number of aromatic nitrogens is 2. The van der Waals surface area contributed by atoms with Crippen molar-refractivity contribution in [1.29, 1.82) is 0 Å². The Balaban J connectivity index is 2.89. The second-order valence-electron chi connectivity index (χ2n) is 2.53. The van der Waals surface area contributed by atoms with Gasteiger partial charge in [-0.1, -0.05) is 23.2 Å². The predicted octanol–water partition coefficient (Wildman–Crippen LogP) is 3.84. The molecule has 72 valence electrons. The maximum absolute atomic E-state index is 13.5. The van der Waals surface area contributed by atoms with Gasteiger partial charge in [-0.2, -0.15) is 0 Å². The lowest BCUT2D eigenvalue weighted by molar-refractivity contribution is 0.630. The van der Waals surface area contributed by atoms with Crippen molar-refractivity contribution in [2.45, 2.75) is 0 Å². The van der Waals surface area contributed by atoms with E-state index in [9.17, 15) is 4.39 Å². The Morgan fingerprint density at radius 2 is 1.79 bits per heavy atom. The predicted molar refractivity (Wildman–Crippen MR) is 57.2 cm³/mol. The largest absolute Gasteiger partial charge is 0.231 e. The number of hydrogen-bond donors (Lipinski definition) is 0. The lowest BCUT2D eigenvalue weighted by Crippen LogP contribution is -1.90. The zero-order valence-electron chi connectivity index (χ0n) is 6.56. The molecule has 0 radical (unpaired) electrons. The van der Waals surface area contributed by atoms with Crippen LogP contribution in [0.25, 0.3) is 11.0 Å². The van der Waals surface area contributed by atoms with Gasteiger partial charge in [0.25, 0.3) is 0 Å². The summed E-state index contributed by atoms with van der Waals surface area (Å²) in [5.74, 6) is -0.492. The molecule has 0 aliphatic carbocycles. The molecule has 0 N–H and O–H groups in total. The Kier molecular flexibility index (Phi) is 2.60. The van der Waals surface area contributed by atoms with Crippen molar-refractivity contribution in [3.8, 4) is 0 Å². The van der Waals surface area contributed by atoms with E-state index < -0.39 is 5.82 Å². The van der Waals surface area contributed by atoms with Crippen LogP contribution in [0.4, 0.5) is 4.39 Å². The molecule has 14 heavy (non-hydrogen) atoms. The molecule has 1 aromatic carbocycles. The monoisotopic (exact) mass is 294 g/mol. The molecule has 0 saturated carbocycles. The maximum Gasteiger partial charge on any atom is 0.167 e. The fourth-order valence-corrected chi connectivity index (χ4v) is 1.60. The van der Waals surface area contributed by atoms with Gasteiger partial charge in [0.2, 0.25) is 0 Å². The van der Waals surface area contributed by atoms with Gasteiger partial charge >= 0.3 is 0 Å². The molecule has 0 fully saturated rings. The Bertz CT molecular complexity index is 518. The highest BCUT2D eigenvalue weighted by molar-refractivity contribution is 9.10. The van der Waals surface area contributed by atoms with Gasteiger partial charge in [-0.15, -0.1) is 0 Å². The van der Waals surface area contributed by atoms with Crippen LogP contribution in [0.15, 0.2) is 16.6 Å². The number of halogens is 4. The SMILES string of the molecule is Fc1c(Br)ccc2nc(Cl)c(Cl)nc12. The van der Waals surface area contributed by atoms with E-state index in [1.165, 1.54) is 6.07 Å². The van der Waals surface area contributed by atoms with Crippen LogP contribution in [0.2, 0.25) is 10.3 Å². The van der Waals surface area contributed by atoms with Crippen LogP contribution in [0, 0.1) is 5.82 Å². The standard InChI is InChI=1S/C8H2BrCl2FN2/c9-3-1-2-4-6(5(3)12)14-8(11)7(10)13-4/h1-2H. The molecule has 2 nitrogen and oxygen atoms in total. The van der Waals surface area contributed by atoms with E-state index in [2.05, 4.69) is 25.9 Å². The van der Waals surface area contributed by atoms with Gasteiger partial charge in [0.15, 0.2) is 16.1 Å². The van der Waals surface area contributed by atoms with Crippen LogP contribution in [-0.2, 0) is 0 Å². The smallest absolute Gasteiger partial charge is 0.167 e. The molecule has 0 aliphatic rings. The van der Waals surface area contributed by atoms with Gasteiger partial charge in [0.05, 0.1) is 9.99 Å². The number of hydrogen-bond acceptors (Lipinski definition) is 2. The van der Waals surface area contributed by atoms with Crippen LogP contribution in [-0.4, -0.2) is 9.97 Å². The van der Waals surface area contributed by atoms with Crippen molar-refractivity contribution in [3.05, 3.63) is 32.7 Å². The van der Waals surface area contributed by atoms with E-state index in [0.717, 1.165) is 0 Å². The van der Waals surface area contributed by atoms with Gasteiger partial charge in [0.1, 0.15) is 5.52 Å². The Morgan fingerprint density at radius 1 is 1.14 bits per heavy atom. The summed E-state index contributed by atoms with van der Waals surface area (Å²) >= 11 is 14.3. The number of fused-ring (bicyclic) bond motifs is 1. The third kappa shape index (κ3) is 1.58. The molecule has 1 aromatic heterocycles. The topological polar surface area (TPSA) is 25.8 Å². The van der Waals surface area contributed by atoms with Gasteiger partial charge in [-0.25, -0.2) is 14.4 Å². The Hall–Kier alpha value is -0.450. The molecule has 1 heterocycles. The van der Waals surface area contributed by atoms with E-state index in [1.807, 2.05) is 0 Å².